The van der Waals surface area contributed by atoms with Gasteiger partial charge in [0.2, 0.25) is 0 Å². The first-order valence-electron chi connectivity index (χ1n) is 7.29. The van der Waals surface area contributed by atoms with Crippen LogP contribution in [0.4, 0.5) is 5.69 Å². The van der Waals surface area contributed by atoms with Gasteiger partial charge < -0.3 is 10.0 Å². The fourth-order valence-corrected chi connectivity index (χ4v) is 3.08. The largest absolute Gasteiger partial charge is 0.481 e. The Morgan fingerprint density at radius 3 is 2.65 bits per heavy atom. The summed E-state index contributed by atoms with van der Waals surface area (Å²) in [4.78, 5) is 26.1. The van der Waals surface area contributed by atoms with E-state index >= 15 is 0 Å². The summed E-state index contributed by atoms with van der Waals surface area (Å²) in [6.45, 7) is 2.19. The highest BCUT2D eigenvalue weighted by molar-refractivity contribution is 6.31. The molecule has 1 N–H and O–H groups in total. The Hall–Kier alpha value is -2.33. The van der Waals surface area contributed by atoms with Crippen molar-refractivity contribution in [1.29, 1.82) is 0 Å². The number of ketones is 1. The molecule has 1 unspecified atom stereocenters. The molecule has 3 rings (SSSR count). The number of carboxylic acid groups (broad SMARTS) is 1. The van der Waals surface area contributed by atoms with Gasteiger partial charge in [0.05, 0.1) is 5.92 Å². The molecule has 0 aromatic heterocycles. The van der Waals surface area contributed by atoms with Crippen LogP contribution in [0.1, 0.15) is 39.9 Å². The molecule has 118 valence electrons. The lowest BCUT2D eigenvalue weighted by Crippen LogP contribution is -2.17. The molecule has 4 nitrogen and oxygen atoms in total. The van der Waals surface area contributed by atoms with Gasteiger partial charge in [-0.05, 0) is 48.4 Å². The monoisotopic (exact) mass is 329 g/mol. The average Bonchev–Trinajstić information content (AvgIpc) is 2.62. The Bertz CT molecular complexity index is 816. The van der Waals surface area contributed by atoms with Crippen LogP contribution in [-0.2, 0) is 11.3 Å². The van der Waals surface area contributed by atoms with Crippen LogP contribution in [-0.4, -0.2) is 23.9 Å². The van der Waals surface area contributed by atoms with Crippen molar-refractivity contribution in [3.05, 3.63) is 63.7 Å². The molecule has 23 heavy (non-hydrogen) atoms. The van der Waals surface area contributed by atoms with Crippen molar-refractivity contribution in [3.8, 4) is 0 Å². The fraction of sp³-hybridized carbons (Fsp3) is 0.222. The van der Waals surface area contributed by atoms with Gasteiger partial charge in [-0.1, -0.05) is 17.7 Å². The minimum Gasteiger partial charge on any atom is -0.481 e. The molecular formula is C18H16ClNO3. The van der Waals surface area contributed by atoms with Gasteiger partial charge in [0.25, 0.3) is 0 Å². The van der Waals surface area contributed by atoms with Crippen LogP contribution >= 0.6 is 11.6 Å². The molecule has 2 aromatic rings. The van der Waals surface area contributed by atoms with Crippen LogP contribution in [0.15, 0.2) is 36.4 Å². The van der Waals surface area contributed by atoms with E-state index in [9.17, 15) is 14.7 Å². The summed E-state index contributed by atoms with van der Waals surface area (Å²) < 4.78 is 0. The second-order valence-electron chi connectivity index (χ2n) is 5.82. The average molecular weight is 330 g/mol. The van der Waals surface area contributed by atoms with E-state index in [2.05, 4.69) is 0 Å². The number of carboxylic acids is 1. The van der Waals surface area contributed by atoms with Crippen molar-refractivity contribution in [3.63, 3.8) is 0 Å². The van der Waals surface area contributed by atoms with E-state index in [-0.39, 0.29) is 5.78 Å². The number of anilines is 1. The van der Waals surface area contributed by atoms with Crippen molar-refractivity contribution in [1.82, 2.24) is 0 Å². The van der Waals surface area contributed by atoms with Gasteiger partial charge in [-0.25, -0.2) is 0 Å². The molecule has 1 aliphatic heterocycles. The number of carbonyl (C=O) groups excluding carboxylic acids is 1. The highest BCUT2D eigenvalue weighted by atomic mass is 35.5. The maximum atomic E-state index is 12.9. The number of hydrogen-bond acceptors (Lipinski definition) is 3. The minimum atomic E-state index is -0.911. The Balaban J connectivity index is 2.16. The maximum absolute atomic E-state index is 12.9. The molecule has 2 aromatic carbocycles. The molecule has 0 fully saturated rings. The first kappa shape index (κ1) is 15.6. The first-order chi connectivity index (χ1) is 10.9. The molecule has 0 radical (unpaired) electrons. The number of rotatable bonds is 2. The lowest BCUT2D eigenvalue weighted by atomic mass is 9.94. The lowest BCUT2D eigenvalue weighted by molar-refractivity contribution is -0.138. The van der Waals surface area contributed by atoms with Crippen LogP contribution in [0.3, 0.4) is 0 Å². The van der Waals surface area contributed by atoms with E-state index in [1.807, 2.05) is 18.0 Å². The molecule has 1 aliphatic rings. The Labute approximate surface area is 139 Å². The number of aliphatic carboxylic acids is 1. The molecule has 0 amide bonds. The summed E-state index contributed by atoms with van der Waals surface area (Å²) >= 11 is 6.04. The van der Waals surface area contributed by atoms with E-state index in [1.54, 1.807) is 37.3 Å². The molecule has 0 saturated carbocycles. The minimum absolute atomic E-state index is 0.101. The van der Waals surface area contributed by atoms with Crippen molar-refractivity contribution in [2.45, 2.75) is 19.4 Å². The van der Waals surface area contributed by atoms with Crippen LogP contribution in [0.2, 0.25) is 5.02 Å². The van der Waals surface area contributed by atoms with Crippen molar-refractivity contribution in [2.24, 2.45) is 0 Å². The Kier molecular flexibility index (Phi) is 3.86. The van der Waals surface area contributed by atoms with E-state index in [0.717, 1.165) is 11.3 Å². The molecule has 1 atom stereocenters. The van der Waals surface area contributed by atoms with E-state index < -0.39 is 11.9 Å². The summed E-state index contributed by atoms with van der Waals surface area (Å²) in [6.07, 6.45) is 0. The van der Waals surface area contributed by atoms with Crippen LogP contribution in [0.5, 0.6) is 0 Å². The van der Waals surface area contributed by atoms with E-state index in [4.69, 9.17) is 11.6 Å². The predicted molar refractivity (Wildman–Crippen MR) is 89.5 cm³/mol. The van der Waals surface area contributed by atoms with Gasteiger partial charge in [-0.2, -0.15) is 0 Å². The summed E-state index contributed by atoms with van der Waals surface area (Å²) in [7, 11) is 1.91. The summed E-state index contributed by atoms with van der Waals surface area (Å²) in [5.74, 6) is -1.67. The Morgan fingerprint density at radius 1 is 1.22 bits per heavy atom. The number of hydrogen-bond donors (Lipinski definition) is 1. The van der Waals surface area contributed by atoms with Crippen molar-refractivity contribution in [2.75, 3.05) is 11.9 Å². The highest BCUT2D eigenvalue weighted by Gasteiger charge is 2.25. The number of nitrogens with zero attached hydrogens (tertiary/aromatic N) is 1. The number of benzene rings is 2. The zero-order valence-electron chi connectivity index (χ0n) is 12.8. The third-order valence-corrected chi connectivity index (χ3v) is 4.50. The number of carbonyl (C=O) groups is 2. The Morgan fingerprint density at radius 2 is 1.96 bits per heavy atom. The number of halogens is 1. The molecule has 1 heterocycles. The zero-order valence-corrected chi connectivity index (χ0v) is 13.6. The van der Waals surface area contributed by atoms with Gasteiger partial charge in [0.1, 0.15) is 0 Å². The standard InChI is InChI=1S/C18H16ClNO3/c1-10(18(22)23)11-3-6-16-15(8-11)17(21)14-5-4-13(19)7-12(14)9-20(16)2/h3-8,10H,9H2,1-2H3,(H,22,23). The SMILES string of the molecule is CC(C(=O)O)c1ccc2c(c1)C(=O)c1ccc(Cl)cc1CN2C. The van der Waals surface area contributed by atoms with E-state index in [0.29, 0.717) is 28.3 Å². The zero-order chi connectivity index (χ0) is 16.7. The predicted octanol–water partition coefficient (Wildman–Crippen LogP) is 3.71. The molecule has 0 aliphatic carbocycles. The molecule has 0 spiro atoms. The van der Waals surface area contributed by atoms with Crippen LogP contribution in [0, 0.1) is 0 Å². The maximum Gasteiger partial charge on any atom is 0.310 e. The van der Waals surface area contributed by atoms with Crippen LogP contribution < -0.4 is 4.90 Å². The third kappa shape index (κ3) is 2.70. The van der Waals surface area contributed by atoms with Gasteiger partial charge in [0, 0.05) is 35.4 Å². The second-order valence-corrected chi connectivity index (χ2v) is 6.26. The highest BCUT2D eigenvalue weighted by Crippen LogP contribution is 2.33. The second kappa shape index (κ2) is 5.70. The molecule has 5 heteroatoms. The smallest absolute Gasteiger partial charge is 0.310 e. The van der Waals surface area contributed by atoms with Crippen molar-refractivity contribution >= 4 is 29.0 Å². The first-order valence-corrected chi connectivity index (χ1v) is 7.67. The molecule has 0 saturated heterocycles. The van der Waals surface area contributed by atoms with Gasteiger partial charge >= 0.3 is 5.97 Å². The fourth-order valence-electron chi connectivity index (χ4n) is 2.88. The summed E-state index contributed by atoms with van der Waals surface area (Å²) in [5, 5.41) is 9.78. The quantitative estimate of drug-likeness (QED) is 0.912. The summed E-state index contributed by atoms with van der Waals surface area (Å²) in [5.41, 5.74) is 3.42. The van der Waals surface area contributed by atoms with Crippen LogP contribution in [0.25, 0.3) is 0 Å². The van der Waals surface area contributed by atoms with E-state index in [1.165, 1.54) is 0 Å². The topological polar surface area (TPSA) is 57.6 Å². The third-order valence-electron chi connectivity index (χ3n) is 4.27. The normalized spacial score (nSPS) is 14.7. The number of fused-ring (bicyclic) bond motifs is 2. The molecule has 0 bridgehead atoms. The van der Waals surface area contributed by atoms with Gasteiger partial charge in [0.15, 0.2) is 5.78 Å². The lowest BCUT2D eigenvalue weighted by Gasteiger charge is -2.20. The summed E-state index contributed by atoms with van der Waals surface area (Å²) in [6, 6.07) is 10.5. The van der Waals surface area contributed by atoms with Crippen molar-refractivity contribution < 1.29 is 14.7 Å². The molecular weight excluding hydrogens is 314 g/mol. The van der Waals surface area contributed by atoms with Gasteiger partial charge in [-0.15, -0.1) is 0 Å². The van der Waals surface area contributed by atoms with Gasteiger partial charge in [-0.3, -0.25) is 9.59 Å².